The molecule has 0 bridgehead atoms. The van der Waals surface area contributed by atoms with Crippen LogP contribution < -0.4 is 0 Å². The normalized spacial score (nSPS) is 43.1. The number of hydrogen-bond acceptors (Lipinski definition) is 5. The number of nitriles is 1. The van der Waals surface area contributed by atoms with Crippen molar-refractivity contribution in [1.29, 1.82) is 5.26 Å². The Labute approximate surface area is 193 Å². The molecule has 4 fully saturated rings. The van der Waals surface area contributed by atoms with E-state index in [1.54, 1.807) is 5.57 Å². The van der Waals surface area contributed by atoms with E-state index in [4.69, 9.17) is 18.9 Å². The number of unbranched alkanes of at least 4 members (excludes halogenated alkanes) is 1. The van der Waals surface area contributed by atoms with Crippen molar-refractivity contribution in [2.24, 2.45) is 29.1 Å². The summed E-state index contributed by atoms with van der Waals surface area (Å²) in [5.41, 5.74) is 0.786. The van der Waals surface area contributed by atoms with E-state index in [2.05, 4.69) is 26.0 Å². The molecule has 0 amide bonds. The molecule has 178 valence electrons. The summed E-state index contributed by atoms with van der Waals surface area (Å²) in [6.45, 7) is 8.63. The zero-order valence-electron chi connectivity index (χ0n) is 20.2. The largest absolute Gasteiger partial charge is 0.353 e. The predicted octanol–water partition coefficient (Wildman–Crippen LogP) is 5.74. The van der Waals surface area contributed by atoms with Crippen LogP contribution in [0.15, 0.2) is 11.6 Å². The quantitative estimate of drug-likeness (QED) is 0.297. The van der Waals surface area contributed by atoms with Crippen molar-refractivity contribution in [2.45, 2.75) is 103 Å². The number of nitrogens with zero attached hydrogens (tertiary/aromatic N) is 1. The highest BCUT2D eigenvalue weighted by Gasteiger charge is 2.64. The van der Waals surface area contributed by atoms with Gasteiger partial charge in [-0.3, -0.25) is 0 Å². The highest BCUT2D eigenvalue weighted by atomic mass is 16.7. The Morgan fingerprint density at radius 1 is 1.12 bits per heavy atom. The third-order valence-corrected chi connectivity index (χ3v) is 9.75. The Bertz CT molecular complexity index is 768. The molecule has 0 aromatic carbocycles. The van der Waals surface area contributed by atoms with Gasteiger partial charge in [-0.25, -0.2) is 0 Å². The fourth-order valence-electron chi connectivity index (χ4n) is 8.13. The number of hydrogen-bond donors (Lipinski definition) is 0. The summed E-state index contributed by atoms with van der Waals surface area (Å²) in [6.07, 6.45) is 13.0. The number of fused-ring (bicyclic) bond motifs is 5. The van der Waals surface area contributed by atoms with Crippen molar-refractivity contribution in [3.8, 4) is 6.07 Å². The highest BCUT2D eigenvalue weighted by Crippen LogP contribution is 2.66. The molecular weight excluding hydrogens is 402 g/mol. The van der Waals surface area contributed by atoms with E-state index in [1.165, 1.54) is 19.3 Å². The second kappa shape index (κ2) is 8.69. The van der Waals surface area contributed by atoms with Crippen LogP contribution in [-0.4, -0.2) is 37.5 Å². The van der Waals surface area contributed by atoms with Crippen LogP contribution in [0, 0.1) is 40.4 Å². The standard InChI is InChI=1S/C27H41NO4/c1-4-5-14-29-19(2)32-26(18-28)12-10-24-23-7-6-20-17-27(30-15-16-31-27)13-9-21(20)22(23)8-11-25(24,26)3/h17,19,21-24H,4-16H2,1-3H3/t19?,21-,22+,23+,24-,25-,26-/m0/s1. The maximum atomic E-state index is 10.4. The van der Waals surface area contributed by atoms with E-state index in [9.17, 15) is 5.26 Å². The molecule has 5 nitrogen and oxygen atoms in total. The lowest BCUT2D eigenvalue weighted by Gasteiger charge is -2.55. The Morgan fingerprint density at radius 2 is 1.94 bits per heavy atom. The molecule has 0 aromatic rings. The Morgan fingerprint density at radius 3 is 2.69 bits per heavy atom. The van der Waals surface area contributed by atoms with Crippen molar-refractivity contribution in [1.82, 2.24) is 0 Å². The summed E-state index contributed by atoms with van der Waals surface area (Å²) in [6, 6.07) is 2.68. The molecule has 5 heteroatoms. The minimum atomic E-state index is -0.716. The molecular formula is C27H41NO4. The van der Waals surface area contributed by atoms with Crippen LogP contribution in [0.4, 0.5) is 0 Å². The smallest absolute Gasteiger partial charge is 0.188 e. The van der Waals surface area contributed by atoms with Gasteiger partial charge in [0.05, 0.1) is 19.3 Å². The first-order valence-electron chi connectivity index (χ1n) is 13.2. The number of allylic oxidation sites excluding steroid dienone is 1. The molecule has 1 aliphatic heterocycles. The van der Waals surface area contributed by atoms with E-state index in [0.717, 1.165) is 64.1 Å². The predicted molar refractivity (Wildman–Crippen MR) is 121 cm³/mol. The van der Waals surface area contributed by atoms with Crippen LogP contribution in [0.2, 0.25) is 0 Å². The fraction of sp³-hybridized carbons (Fsp3) is 0.889. The van der Waals surface area contributed by atoms with Gasteiger partial charge in [-0.2, -0.15) is 5.26 Å². The maximum Gasteiger partial charge on any atom is 0.188 e. The Hall–Kier alpha value is -0.930. The van der Waals surface area contributed by atoms with E-state index in [-0.39, 0.29) is 11.7 Å². The fourth-order valence-corrected chi connectivity index (χ4v) is 8.13. The van der Waals surface area contributed by atoms with Gasteiger partial charge in [0, 0.05) is 18.4 Å². The second-order valence-corrected chi connectivity index (χ2v) is 11.2. The lowest BCUT2D eigenvalue weighted by molar-refractivity contribution is -0.223. The van der Waals surface area contributed by atoms with Gasteiger partial charge >= 0.3 is 0 Å². The number of rotatable bonds is 6. The molecule has 1 spiro atoms. The van der Waals surface area contributed by atoms with Gasteiger partial charge in [-0.05, 0) is 88.0 Å². The molecule has 5 aliphatic rings. The SMILES string of the molecule is CCCCOC(C)O[C@]1(C#N)CC[C@H]2[C@@H]3CCC4=CC5(CC[C@@H]4[C@H]3CC[C@@]21C)OCCO5. The summed E-state index contributed by atoms with van der Waals surface area (Å²) in [4.78, 5) is 0. The van der Waals surface area contributed by atoms with Crippen molar-refractivity contribution < 1.29 is 18.9 Å². The highest BCUT2D eigenvalue weighted by molar-refractivity contribution is 5.26. The van der Waals surface area contributed by atoms with Crippen molar-refractivity contribution in [2.75, 3.05) is 19.8 Å². The van der Waals surface area contributed by atoms with Gasteiger partial charge in [0.25, 0.3) is 0 Å². The molecule has 5 rings (SSSR count). The van der Waals surface area contributed by atoms with Gasteiger partial charge in [0.15, 0.2) is 17.7 Å². The van der Waals surface area contributed by atoms with Gasteiger partial charge in [-0.1, -0.05) is 25.8 Å². The molecule has 0 aromatic heterocycles. The molecule has 0 radical (unpaired) electrons. The van der Waals surface area contributed by atoms with Gasteiger partial charge in [-0.15, -0.1) is 0 Å². The van der Waals surface area contributed by atoms with Crippen LogP contribution in [-0.2, 0) is 18.9 Å². The van der Waals surface area contributed by atoms with Crippen LogP contribution in [0.3, 0.4) is 0 Å². The van der Waals surface area contributed by atoms with Crippen LogP contribution in [0.5, 0.6) is 0 Å². The topological polar surface area (TPSA) is 60.7 Å². The molecule has 1 unspecified atom stereocenters. The Kier molecular flexibility index (Phi) is 6.20. The minimum absolute atomic E-state index is 0.0833. The molecule has 7 atom stereocenters. The molecule has 1 heterocycles. The molecule has 4 aliphatic carbocycles. The number of ether oxygens (including phenoxy) is 4. The van der Waals surface area contributed by atoms with E-state index in [1.807, 2.05) is 6.92 Å². The summed E-state index contributed by atoms with van der Waals surface area (Å²) in [5.74, 6) is 2.25. The van der Waals surface area contributed by atoms with Crippen molar-refractivity contribution >= 4 is 0 Å². The second-order valence-electron chi connectivity index (χ2n) is 11.2. The minimum Gasteiger partial charge on any atom is -0.353 e. The van der Waals surface area contributed by atoms with E-state index >= 15 is 0 Å². The van der Waals surface area contributed by atoms with Gasteiger partial charge in [0.2, 0.25) is 0 Å². The van der Waals surface area contributed by atoms with E-state index < -0.39 is 11.4 Å². The first-order valence-corrected chi connectivity index (χ1v) is 13.2. The van der Waals surface area contributed by atoms with Crippen molar-refractivity contribution in [3.63, 3.8) is 0 Å². The first-order chi connectivity index (χ1) is 15.5. The zero-order chi connectivity index (χ0) is 22.4. The molecule has 1 saturated heterocycles. The van der Waals surface area contributed by atoms with Crippen LogP contribution >= 0.6 is 0 Å². The third kappa shape index (κ3) is 3.57. The van der Waals surface area contributed by atoms with E-state index in [0.29, 0.717) is 24.4 Å². The lowest BCUT2D eigenvalue weighted by Crippen LogP contribution is -2.54. The maximum absolute atomic E-state index is 10.4. The Balaban J connectivity index is 1.32. The average Bonchev–Trinajstić information content (AvgIpc) is 3.36. The molecule has 0 N–H and O–H groups in total. The van der Waals surface area contributed by atoms with Crippen molar-refractivity contribution in [3.05, 3.63) is 11.6 Å². The summed E-state index contributed by atoms with van der Waals surface area (Å²) in [5, 5.41) is 10.4. The summed E-state index contributed by atoms with van der Waals surface area (Å²) < 4.78 is 24.4. The molecule has 32 heavy (non-hydrogen) atoms. The summed E-state index contributed by atoms with van der Waals surface area (Å²) >= 11 is 0. The third-order valence-electron chi connectivity index (χ3n) is 9.75. The lowest BCUT2D eigenvalue weighted by atomic mass is 9.50. The first kappa shape index (κ1) is 22.8. The van der Waals surface area contributed by atoms with Crippen LogP contribution in [0.25, 0.3) is 0 Å². The van der Waals surface area contributed by atoms with Crippen LogP contribution in [0.1, 0.15) is 85.0 Å². The average molecular weight is 444 g/mol. The molecule has 3 saturated carbocycles. The zero-order valence-corrected chi connectivity index (χ0v) is 20.2. The monoisotopic (exact) mass is 443 g/mol. The van der Waals surface area contributed by atoms with Gasteiger partial charge in [0.1, 0.15) is 0 Å². The summed E-state index contributed by atoms with van der Waals surface area (Å²) in [7, 11) is 0. The van der Waals surface area contributed by atoms with Gasteiger partial charge < -0.3 is 18.9 Å².